The van der Waals surface area contributed by atoms with Crippen LogP contribution in [0.25, 0.3) is 23.0 Å². The van der Waals surface area contributed by atoms with Crippen LogP contribution < -0.4 is 4.90 Å². The average Bonchev–Trinajstić information content (AvgIpc) is 3.41. The van der Waals surface area contributed by atoms with Crippen molar-refractivity contribution in [3.8, 4) is 23.0 Å². The van der Waals surface area contributed by atoms with Crippen molar-refractivity contribution in [1.82, 2.24) is 34.3 Å². The summed E-state index contributed by atoms with van der Waals surface area (Å²) in [5.74, 6) is 2.73. The van der Waals surface area contributed by atoms with Crippen LogP contribution in [0.2, 0.25) is 0 Å². The summed E-state index contributed by atoms with van der Waals surface area (Å²) < 4.78 is 17.2. The highest BCUT2D eigenvalue weighted by atomic mass is 19.1. The summed E-state index contributed by atoms with van der Waals surface area (Å²) in [5.41, 5.74) is 1.49. The van der Waals surface area contributed by atoms with Crippen LogP contribution in [0.5, 0.6) is 0 Å². The maximum absolute atomic E-state index is 13.4. The van der Waals surface area contributed by atoms with Crippen LogP contribution in [0, 0.1) is 5.82 Å². The molecule has 0 unspecified atom stereocenters. The Morgan fingerprint density at radius 2 is 1.87 bits per heavy atom. The van der Waals surface area contributed by atoms with E-state index in [2.05, 4.69) is 38.9 Å². The third kappa shape index (κ3) is 2.49. The van der Waals surface area contributed by atoms with Crippen molar-refractivity contribution in [2.75, 3.05) is 4.90 Å². The predicted octanol–water partition coefficient (Wildman–Crippen LogP) is 3.66. The van der Waals surface area contributed by atoms with E-state index in [0.29, 0.717) is 11.8 Å². The second-order valence-electron chi connectivity index (χ2n) is 8.38. The molecule has 1 aliphatic heterocycles. The molecule has 0 bridgehead atoms. The molecule has 0 radical (unpaired) electrons. The number of imidazole rings is 1. The fraction of sp³-hybridized carbons (Fsp3) is 0.318. The summed E-state index contributed by atoms with van der Waals surface area (Å²) in [7, 11) is 0. The van der Waals surface area contributed by atoms with E-state index < -0.39 is 0 Å². The van der Waals surface area contributed by atoms with E-state index in [9.17, 15) is 4.39 Å². The Bertz CT molecular complexity index is 1270. The topological polar surface area (TPSA) is 77.5 Å². The van der Waals surface area contributed by atoms with E-state index >= 15 is 0 Å². The minimum absolute atomic E-state index is 0.183. The quantitative estimate of drug-likeness (QED) is 0.507. The Kier molecular flexibility index (Phi) is 3.77. The van der Waals surface area contributed by atoms with Crippen molar-refractivity contribution >= 4 is 5.82 Å². The molecule has 8 nitrogen and oxygen atoms in total. The zero-order chi connectivity index (χ0) is 21.2. The van der Waals surface area contributed by atoms with Crippen LogP contribution in [0.3, 0.4) is 0 Å². The van der Waals surface area contributed by atoms with Crippen LogP contribution in [-0.2, 0) is 5.54 Å². The Morgan fingerprint density at radius 3 is 2.58 bits per heavy atom. The average molecular weight is 416 g/mol. The van der Waals surface area contributed by atoms with Crippen molar-refractivity contribution in [3.63, 3.8) is 0 Å². The molecular formula is C22H21FN8. The maximum Gasteiger partial charge on any atom is 0.237 e. The van der Waals surface area contributed by atoms with E-state index in [1.165, 1.54) is 12.1 Å². The van der Waals surface area contributed by atoms with Crippen molar-refractivity contribution < 1.29 is 4.39 Å². The summed E-state index contributed by atoms with van der Waals surface area (Å²) in [5, 5.41) is 8.66. The molecule has 1 aliphatic carbocycles. The van der Waals surface area contributed by atoms with Gasteiger partial charge in [-0.3, -0.25) is 9.13 Å². The van der Waals surface area contributed by atoms with Gasteiger partial charge in [0.25, 0.3) is 0 Å². The fourth-order valence-electron chi connectivity index (χ4n) is 4.85. The minimum Gasteiger partial charge on any atom is -0.339 e. The molecule has 6 rings (SSSR count). The van der Waals surface area contributed by atoms with Crippen molar-refractivity contribution in [2.45, 2.75) is 44.7 Å². The maximum atomic E-state index is 13.4. The zero-order valence-electron chi connectivity index (χ0n) is 17.3. The first-order chi connectivity index (χ1) is 15.1. The number of halogens is 1. The van der Waals surface area contributed by atoms with Crippen molar-refractivity contribution in [2.24, 2.45) is 0 Å². The first kappa shape index (κ1) is 18.2. The van der Waals surface area contributed by atoms with Gasteiger partial charge in [-0.2, -0.15) is 4.98 Å². The molecule has 1 saturated carbocycles. The van der Waals surface area contributed by atoms with Gasteiger partial charge in [-0.15, -0.1) is 10.2 Å². The molecule has 3 aromatic heterocycles. The van der Waals surface area contributed by atoms with Gasteiger partial charge < -0.3 is 4.90 Å². The number of aromatic nitrogens is 7. The first-order valence-corrected chi connectivity index (χ1v) is 10.5. The van der Waals surface area contributed by atoms with Gasteiger partial charge in [0, 0.05) is 24.0 Å². The summed E-state index contributed by atoms with van der Waals surface area (Å²) >= 11 is 0. The number of hydrogen-bond donors (Lipinski definition) is 0. The largest absolute Gasteiger partial charge is 0.339 e. The Hall–Kier alpha value is -3.62. The summed E-state index contributed by atoms with van der Waals surface area (Å²) in [6.07, 6.45) is 10.3. The second-order valence-corrected chi connectivity index (χ2v) is 8.38. The molecule has 0 atom stereocenters. The molecule has 156 valence electrons. The normalized spacial score (nSPS) is 16.3. The lowest BCUT2D eigenvalue weighted by molar-refractivity contribution is 0.194. The third-order valence-electron chi connectivity index (χ3n) is 6.31. The Balaban J connectivity index is 1.52. The van der Waals surface area contributed by atoms with Crippen LogP contribution in [-0.4, -0.2) is 40.3 Å². The lowest BCUT2D eigenvalue weighted by Gasteiger charge is -2.54. The molecule has 0 saturated heterocycles. The highest BCUT2D eigenvalue weighted by Gasteiger charge is 2.52. The molecule has 2 aliphatic rings. The smallest absolute Gasteiger partial charge is 0.237 e. The molecule has 1 aromatic carbocycles. The fourth-order valence-corrected chi connectivity index (χ4v) is 4.85. The standard InChI is InChI=1S/C22H21FN8/c1-14(2)31-19-17(30-13-26-28-20(30)22(31)8-3-9-22)12-25-21(27-19)29-11-10-24-18(29)15-4-6-16(23)7-5-15/h4-7,10-14H,3,8-9H2,1-2H3. The van der Waals surface area contributed by atoms with Gasteiger partial charge in [-0.05, 0) is 57.4 Å². The van der Waals surface area contributed by atoms with Crippen LogP contribution in [0.15, 0.2) is 49.2 Å². The SMILES string of the molecule is CC(C)N1c2nc(-n3ccnc3-c3ccc(F)cc3)ncc2-n2cnnc2C12CCC2. The molecule has 1 fully saturated rings. The van der Waals surface area contributed by atoms with Gasteiger partial charge >= 0.3 is 0 Å². The van der Waals surface area contributed by atoms with E-state index in [4.69, 9.17) is 4.98 Å². The summed E-state index contributed by atoms with van der Waals surface area (Å²) in [6.45, 7) is 4.36. The van der Waals surface area contributed by atoms with Crippen LogP contribution in [0.4, 0.5) is 10.2 Å². The summed E-state index contributed by atoms with van der Waals surface area (Å²) in [6, 6.07) is 6.50. The van der Waals surface area contributed by atoms with Gasteiger partial charge in [-0.1, -0.05) is 0 Å². The number of benzene rings is 1. The monoisotopic (exact) mass is 416 g/mol. The molecule has 9 heteroatoms. The van der Waals surface area contributed by atoms with Crippen LogP contribution in [0.1, 0.15) is 38.9 Å². The lowest BCUT2D eigenvalue weighted by atomic mass is 9.73. The van der Waals surface area contributed by atoms with E-state index in [1.807, 2.05) is 21.5 Å². The Labute approximate surface area is 178 Å². The van der Waals surface area contributed by atoms with Crippen molar-refractivity contribution in [3.05, 3.63) is 60.8 Å². The number of rotatable bonds is 3. The van der Waals surface area contributed by atoms with E-state index in [1.54, 1.807) is 24.7 Å². The number of hydrogen-bond acceptors (Lipinski definition) is 6. The van der Waals surface area contributed by atoms with Crippen LogP contribution >= 0.6 is 0 Å². The zero-order valence-corrected chi connectivity index (χ0v) is 17.3. The van der Waals surface area contributed by atoms with E-state index in [-0.39, 0.29) is 17.4 Å². The minimum atomic E-state index is -0.282. The molecule has 0 amide bonds. The molecule has 31 heavy (non-hydrogen) atoms. The second kappa shape index (κ2) is 6.44. The van der Waals surface area contributed by atoms with Gasteiger partial charge in [-0.25, -0.2) is 14.4 Å². The summed E-state index contributed by atoms with van der Waals surface area (Å²) in [4.78, 5) is 16.5. The first-order valence-electron chi connectivity index (χ1n) is 10.5. The lowest BCUT2D eigenvalue weighted by Crippen LogP contribution is -2.58. The molecule has 1 spiro atoms. The number of fused-ring (bicyclic) bond motifs is 4. The van der Waals surface area contributed by atoms with Gasteiger partial charge in [0.2, 0.25) is 5.95 Å². The highest BCUT2D eigenvalue weighted by Crippen LogP contribution is 2.52. The van der Waals surface area contributed by atoms with Gasteiger partial charge in [0.15, 0.2) is 11.6 Å². The molecule has 4 aromatic rings. The number of anilines is 1. The predicted molar refractivity (Wildman–Crippen MR) is 113 cm³/mol. The van der Waals surface area contributed by atoms with Gasteiger partial charge in [0.1, 0.15) is 29.2 Å². The van der Waals surface area contributed by atoms with Gasteiger partial charge in [0.05, 0.1) is 6.20 Å². The van der Waals surface area contributed by atoms with Crippen molar-refractivity contribution in [1.29, 1.82) is 0 Å². The highest BCUT2D eigenvalue weighted by molar-refractivity contribution is 5.65. The molecule has 4 heterocycles. The Morgan fingerprint density at radius 1 is 1.06 bits per heavy atom. The molecule has 0 N–H and O–H groups in total. The molecular weight excluding hydrogens is 395 g/mol. The number of nitrogens with zero attached hydrogens (tertiary/aromatic N) is 8. The van der Waals surface area contributed by atoms with E-state index in [0.717, 1.165) is 42.2 Å². The third-order valence-corrected chi connectivity index (χ3v) is 6.31.